The number of aryl methyl sites for hydroxylation is 1. The third-order valence-electron chi connectivity index (χ3n) is 2.68. The molecule has 0 amide bonds. The van der Waals surface area contributed by atoms with Crippen LogP contribution in [0.5, 0.6) is 0 Å². The molecule has 1 aromatic carbocycles. The lowest BCUT2D eigenvalue weighted by Gasteiger charge is -2.18. The van der Waals surface area contributed by atoms with Gasteiger partial charge in [-0.2, -0.15) is 0 Å². The molecule has 84 valence electrons. The van der Waals surface area contributed by atoms with Crippen LogP contribution in [-0.4, -0.2) is 14.7 Å². The molecule has 0 aliphatic rings. The molecular weight excluding hydrogens is 200 g/mol. The van der Waals surface area contributed by atoms with Gasteiger partial charge >= 0.3 is 0 Å². The van der Waals surface area contributed by atoms with Crippen LogP contribution in [0.4, 0.5) is 0 Å². The van der Waals surface area contributed by atoms with Crippen molar-refractivity contribution in [2.75, 3.05) is 0 Å². The Balaban J connectivity index is 2.37. The highest BCUT2D eigenvalue weighted by molar-refractivity contribution is 5.37. The summed E-state index contributed by atoms with van der Waals surface area (Å²) in [7, 11) is 0. The van der Waals surface area contributed by atoms with E-state index in [1.165, 1.54) is 0 Å². The number of rotatable bonds is 2. The molecular formula is C13H16N2O. The van der Waals surface area contributed by atoms with Gasteiger partial charge in [0.15, 0.2) is 0 Å². The lowest BCUT2D eigenvalue weighted by atomic mass is 9.98. The van der Waals surface area contributed by atoms with E-state index in [9.17, 15) is 5.11 Å². The van der Waals surface area contributed by atoms with Crippen LogP contribution < -0.4 is 0 Å². The van der Waals surface area contributed by atoms with Crippen molar-refractivity contribution in [2.45, 2.75) is 26.4 Å². The summed E-state index contributed by atoms with van der Waals surface area (Å²) < 4.78 is 2.01. The molecule has 0 unspecified atom stereocenters. The van der Waals surface area contributed by atoms with Gasteiger partial charge in [0.25, 0.3) is 0 Å². The normalized spacial score (nSPS) is 11.8. The second kappa shape index (κ2) is 3.76. The van der Waals surface area contributed by atoms with Crippen LogP contribution in [0, 0.1) is 6.92 Å². The second-order valence-corrected chi connectivity index (χ2v) is 4.45. The van der Waals surface area contributed by atoms with E-state index >= 15 is 0 Å². The minimum Gasteiger partial charge on any atom is -0.386 e. The molecule has 2 rings (SSSR count). The van der Waals surface area contributed by atoms with Crippen LogP contribution >= 0.6 is 0 Å². The lowest BCUT2D eigenvalue weighted by Crippen LogP contribution is -2.15. The maximum absolute atomic E-state index is 9.85. The third-order valence-corrected chi connectivity index (χ3v) is 2.68. The molecule has 0 spiro atoms. The number of hydrogen-bond donors (Lipinski definition) is 1. The molecule has 3 nitrogen and oxygen atoms in total. The molecule has 0 radical (unpaired) electrons. The first-order valence-electron chi connectivity index (χ1n) is 5.32. The highest BCUT2D eigenvalue weighted by atomic mass is 16.3. The van der Waals surface area contributed by atoms with Gasteiger partial charge < -0.3 is 9.67 Å². The largest absolute Gasteiger partial charge is 0.386 e. The van der Waals surface area contributed by atoms with Crippen molar-refractivity contribution in [3.8, 4) is 5.69 Å². The minimum atomic E-state index is -0.789. The molecule has 1 aromatic heterocycles. The number of aromatic nitrogens is 2. The molecule has 1 heterocycles. The lowest BCUT2D eigenvalue weighted by molar-refractivity contribution is 0.0786. The summed E-state index contributed by atoms with van der Waals surface area (Å²) in [6.45, 7) is 5.53. The minimum absolute atomic E-state index is 0.789. The molecule has 1 N–H and O–H groups in total. The van der Waals surface area contributed by atoms with E-state index < -0.39 is 5.60 Å². The first-order valence-corrected chi connectivity index (χ1v) is 5.32. The molecule has 0 aliphatic heterocycles. The highest BCUT2D eigenvalue weighted by Crippen LogP contribution is 2.21. The second-order valence-electron chi connectivity index (χ2n) is 4.45. The van der Waals surface area contributed by atoms with E-state index in [0.717, 1.165) is 17.1 Å². The fraction of sp³-hybridized carbons (Fsp3) is 0.308. The molecule has 2 aromatic rings. The van der Waals surface area contributed by atoms with Gasteiger partial charge in [-0.3, -0.25) is 0 Å². The van der Waals surface area contributed by atoms with Crippen LogP contribution in [-0.2, 0) is 5.60 Å². The average Bonchev–Trinajstić information content (AvgIpc) is 2.63. The zero-order chi connectivity index (χ0) is 11.8. The third kappa shape index (κ3) is 1.99. The van der Waals surface area contributed by atoms with Gasteiger partial charge in [-0.05, 0) is 38.5 Å². The van der Waals surface area contributed by atoms with E-state index in [2.05, 4.69) is 4.98 Å². The van der Waals surface area contributed by atoms with Gasteiger partial charge in [0.05, 0.1) is 5.60 Å². The Morgan fingerprint density at radius 1 is 1.19 bits per heavy atom. The van der Waals surface area contributed by atoms with Gasteiger partial charge in [0.1, 0.15) is 5.82 Å². The predicted molar refractivity (Wildman–Crippen MR) is 63.5 cm³/mol. The Morgan fingerprint density at radius 3 is 2.25 bits per heavy atom. The van der Waals surface area contributed by atoms with Crippen LogP contribution in [0.15, 0.2) is 36.7 Å². The first kappa shape index (κ1) is 10.9. The van der Waals surface area contributed by atoms with E-state index in [4.69, 9.17) is 0 Å². The SMILES string of the molecule is Cc1nccn1-c1ccc(C(C)(C)O)cc1. The number of aliphatic hydroxyl groups is 1. The quantitative estimate of drug-likeness (QED) is 0.837. The van der Waals surface area contributed by atoms with Gasteiger partial charge in [-0.25, -0.2) is 4.98 Å². The molecule has 0 saturated heterocycles. The molecule has 0 fully saturated rings. The van der Waals surface area contributed by atoms with Crippen molar-refractivity contribution in [2.24, 2.45) is 0 Å². The van der Waals surface area contributed by atoms with Gasteiger partial charge in [-0.1, -0.05) is 12.1 Å². The fourth-order valence-corrected chi connectivity index (χ4v) is 1.68. The van der Waals surface area contributed by atoms with Gasteiger partial charge in [-0.15, -0.1) is 0 Å². The van der Waals surface area contributed by atoms with E-state index in [1.807, 2.05) is 42.0 Å². The van der Waals surface area contributed by atoms with Crippen molar-refractivity contribution >= 4 is 0 Å². The van der Waals surface area contributed by atoms with Crippen LogP contribution in [0.25, 0.3) is 5.69 Å². The Bertz CT molecular complexity index is 477. The molecule has 16 heavy (non-hydrogen) atoms. The fourth-order valence-electron chi connectivity index (χ4n) is 1.68. The Kier molecular flexibility index (Phi) is 2.56. The Morgan fingerprint density at radius 2 is 1.81 bits per heavy atom. The number of benzene rings is 1. The van der Waals surface area contributed by atoms with Crippen molar-refractivity contribution in [1.82, 2.24) is 9.55 Å². The van der Waals surface area contributed by atoms with Crippen molar-refractivity contribution in [1.29, 1.82) is 0 Å². The summed E-state index contributed by atoms with van der Waals surface area (Å²) in [5, 5.41) is 9.85. The molecule has 0 atom stereocenters. The summed E-state index contributed by atoms with van der Waals surface area (Å²) in [6, 6.07) is 7.85. The van der Waals surface area contributed by atoms with Crippen LogP contribution in [0.2, 0.25) is 0 Å². The number of nitrogens with zero attached hydrogens (tertiary/aromatic N) is 2. The maximum Gasteiger partial charge on any atom is 0.110 e. The van der Waals surface area contributed by atoms with E-state index in [-0.39, 0.29) is 0 Å². The maximum atomic E-state index is 9.85. The van der Waals surface area contributed by atoms with Crippen molar-refractivity contribution < 1.29 is 5.11 Å². The number of imidazole rings is 1. The Labute approximate surface area is 95.4 Å². The van der Waals surface area contributed by atoms with Crippen LogP contribution in [0.1, 0.15) is 25.2 Å². The summed E-state index contributed by atoms with van der Waals surface area (Å²) in [4.78, 5) is 4.18. The van der Waals surface area contributed by atoms with Crippen molar-refractivity contribution in [3.05, 3.63) is 48.0 Å². The van der Waals surface area contributed by atoms with Crippen LogP contribution in [0.3, 0.4) is 0 Å². The summed E-state index contributed by atoms with van der Waals surface area (Å²) in [6.07, 6.45) is 3.70. The molecule has 0 bridgehead atoms. The molecule has 0 saturated carbocycles. The topological polar surface area (TPSA) is 38.0 Å². The Hall–Kier alpha value is -1.61. The van der Waals surface area contributed by atoms with Gasteiger partial charge in [0.2, 0.25) is 0 Å². The molecule has 0 aliphatic carbocycles. The molecule has 3 heteroatoms. The number of hydrogen-bond acceptors (Lipinski definition) is 2. The summed E-state index contributed by atoms with van der Waals surface area (Å²) >= 11 is 0. The first-order chi connectivity index (χ1) is 7.48. The standard InChI is InChI=1S/C13H16N2O/c1-10-14-8-9-15(10)12-6-4-11(5-7-12)13(2,3)16/h4-9,16H,1-3H3. The van der Waals surface area contributed by atoms with E-state index in [1.54, 1.807) is 20.0 Å². The zero-order valence-electron chi connectivity index (χ0n) is 9.81. The monoisotopic (exact) mass is 216 g/mol. The predicted octanol–water partition coefficient (Wildman–Crippen LogP) is 2.41. The summed E-state index contributed by atoms with van der Waals surface area (Å²) in [5.74, 6) is 0.955. The zero-order valence-corrected chi connectivity index (χ0v) is 9.81. The van der Waals surface area contributed by atoms with Crippen molar-refractivity contribution in [3.63, 3.8) is 0 Å². The van der Waals surface area contributed by atoms with E-state index in [0.29, 0.717) is 0 Å². The average molecular weight is 216 g/mol. The highest BCUT2D eigenvalue weighted by Gasteiger charge is 2.15. The summed E-state index contributed by atoms with van der Waals surface area (Å²) in [5.41, 5.74) is 1.18. The smallest absolute Gasteiger partial charge is 0.110 e. The van der Waals surface area contributed by atoms with Gasteiger partial charge in [0, 0.05) is 18.1 Å².